The van der Waals surface area contributed by atoms with Crippen molar-refractivity contribution in [3.63, 3.8) is 0 Å². The van der Waals surface area contributed by atoms with Crippen molar-refractivity contribution >= 4 is 5.97 Å². The van der Waals surface area contributed by atoms with Crippen LogP contribution in [0.1, 0.15) is 58.8 Å². The fourth-order valence-electron chi connectivity index (χ4n) is 1.55. The van der Waals surface area contributed by atoms with Crippen LogP contribution in [0.5, 0.6) is 0 Å². The molecule has 4 nitrogen and oxygen atoms in total. The summed E-state index contributed by atoms with van der Waals surface area (Å²) in [5, 5.41) is 8.61. The molecule has 1 N–H and O–H groups in total. The van der Waals surface area contributed by atoms with Gasteiger partial charge in [0.1, 0.15) is 0 Å². The van der Waals surface area contributed by atoms with Crippen molar-refractivity contribution in [2.45, 2.75) is 64.9 Å². The number of unbranched alkanes of at least 4 members (excludes halogenated alkanes) is 2. The van der Waals surface area contributed by atoms with Gasteiger partial charge in [0.05, 0.1) is 12.7 Å². The van der Waals surface area contributed by atoms with Gasteiger partial charge < -0.3 is 14.6 Å². The first kappa shape index (κ1) is 17.4. The molecule has 0 rings (SSSR count). The van der Waals surface area contributed by atoms with Gasteiger partial charge in [-0.3, -0.25) is 4.79 Å². The number of carboxylic acid groups (broad SMARTS) is 1. The van der Waals surface area contributed by atoms with Crippen LogP contribution in [-0.4, -0.2) is 37.0 Å². The van der Waals surface area contributed by atoms with E-state index in [1.165, 1.54) is 0 Å². The molecule has 0 aromatic carbocycles. The van der Waals surface area contributed by atoms with Crippen molar-refractivity contribution in [1.29, 1.82) is 0 Å². The minimum absolute atomic E-state index is 0.0488. The normalized spacial score (nSPS) is 12.6. The van der Waals surface area contributed by atoms with Crippen LogP contribution < -0.4 is 0 Å². The topological polar surface area (TPSA) is 55.8 Å². The monoisotopic (exact) mass is 260 g/mol. The van der Waals surface area contributed by atoms with E-state index in [1.54, 1.807) is 0 Å². The van der Waals surface area contributed by atoms with E-state index in [-0.39, 0.29) is 12.5 Å². The first-order chi connectivity index (χ1) is 8.70. The van der Waals surface area contributed by atoms with Crippen molar-refractivity contribution < 1.29 is 19.4 Å². The molecular weight excluding hydrogens is 232 g/mol. The van der Waals surface area contributed by atoms with Gasteiger partial charge in [0.25, 0.3) is 0 Å². The molecule has 0 radical (unpaired) electrons. The van der Waals surface area contributed by atoms with Gasteiger partial charge in [-0.2, -0.15) is 0 Å². The SMILES string of the molecule is CCCCOC[C@H](CCCC(=O)O)OCCCC. The highest BCUT2D eigenvalue weighted by molar-refractivity contribution is 5.66. The van der Waals surface area contributed by atoms with Crippen LogP contribution in [0.3, 0.4) is 0 Å². The summed E-state index contributed by atoms with van der Waals surface area (Å²) in [7, 11) is 0. The van der Waals surface area contributed by atoms with Gasteiger partial charge in [0.15, 0.2) is 0 Å². The van der Waals surface area contributed by atoms with Gasteiger partial charge in [-0.25, -0.2) is 0 Å². The van der Waals surface area contributed by atoms with Crippen LogP contribution in [-0.2, 0) is 14.3 Å². The Morgan fingerprint density at radius 2 is 1.78 bits per heavy atom. The zero-order chi connectivity index (χ0) is 13.6. The van der Waals surface area contributed by atoms with Gasteiger partial charge in [0, 0.05) is 19.6 Å². The van der Waals surface area contributed by atoms with Crippen molar-refractivity contribution in [1.82, 2.24) is 0 Å². The molecule has 0 bridgehead atoms. The zero-order valence-corrected chi connectivity index (χ0v) is 11.8. The summed E-state index contributed by atoms with van der Waals surface area (Å²) in [6.07, 6.45) is 6.03. The molecule has 0 aliphatic rings. The molecule has 18 heavy (non-hydrogen) atoms. The van der Waals surface area contributed by atoms with Crippen molar-refractivity contribution in [3.8, 4) is 0 Å². The highest BCUT2D eigenvalue weighted by atomic mass is 16.5. The van der Waals surface area contributed by atoms with Gasteiger partial charge in [-0.05, 0) is 25.7 Å². The quantitative estimate of drug-likeness (QED) is 0.516. The number of hydrogen-bond acceptors (Lipinski definition) is 3. The molecule has 0 fully saturated rings. The second kappa shape index (κ2) is 12.8. The van der Waals surface area contributed by atoms with Crippen molar-refractivity contribution in [3.05, 3.63) is 0 Å². The van der Waals surface area contributed by atoms with E-state index in [0.29, 0.717) is 13.0 Å². The Kier molecular flexibility index (Phi) is 12.4. The average molecular weight is 260 g/mol. The molecule has 0 aliphatic heterocycles. The minimum Gasteiger partial charge on any atom is -0.481 e. The Morgan fingerprint density at radius 3 is 2.39 bits per heavy atom. The van der Waals surface area contributed by atoms with Gasteiger partial charge in [0.2, 0.25) is 0 Å². The zero-order valence-electron chi connectivity index (χ0n) is 11.8. The van der Waals surface area contributed by atoms with E-state index in [0.717, 1.165) is 45.3 Å². The molecule has 0 heterocycles. The summed E-state index contributed by atoms with van der Waals surface area (Å²) < 4.78 is 11.3. The first-order valence-electron chi connectivity index (χ1n) is 7.11. The summed E-state index contributed by atoms with van der Waals surface area (Å²) in [6.45, 7) is 6.35. The number of carboxylic acids is 1. The molecule has 0 saturated carbocycles. The van der Waals surface area contributed by atoms with E-state index in [2.05, 4.69) is 13.8 Å². The van der Waals surface area contributed by atoms with E-state index >= 15 is 0 Å². The Morgan fingerprint density at radius 1 is 1.11 bits per heavy atom. The fourth-order valence-corrected chi connectivity index (χ4v) is 1.55. The summed E-state index contributed by atoms with van der Waals surface area (Å²) in [5.74, 6) is -0.741. The maximum Gasteiger partial charge on any atom is 0.303 e. The maximum atomic E-state index is 10.5. The van der Waals surface area contributed by atoms with E-state index < -0.39 is 5.97 Å². The lowest BCUT2D eigenvalue weighted by molar-refractivity contribution is -0.137. The third-order valence-corrected chi connectivity index (χ3v) is 2.71. The highest BCUT2D eigenvalue weighted by Gasteiger charge is 2.10. The fraction of sp³-hybridized carbons (Fsp3) is 0.929. The van der Waals surface area contributed by atoms with Gasteiger partial charge in [-0.1, -0.05) is 26.7 Å². The Balaban J connectivity index is 3.72. The highest BCUT2D eigenvalue weighted by Crippen LogP contribution is 2.07. The lowest BCUT2D eigenvalue weighted by atomic mass is 10.1. The maximum absolute atomic E-state index is 10.5. The predicted octanol–water partition coefficient (Wildman–Crippen LogP) is 3.24. The molecule has 0 spiro atoms. The van der Waals surface area contributed by atoms with Crippen LogP contribution in [0.4, 0.5) is 0 Å². The molecule has 0 saturated heterocycles. The lowest BCUT2D eigenvalue weighted by Crippen LogP contribution is -2.21. The first-order valence-corrected chi connectivity index (χ1v) is 7.11. The Hall–Kier alpha value is -0.610. The van der Waals surface area contributed by atoms with Gasteiger partial charge in [-0.15, -0.1) is 0 Å². The minimum atomic E-state index is -0.741. The Labute approximate surface area is 111 Å². The molecular formula is C14H28O4. The standard InChI is InChI=1S/C14H28O4/c1-3-5-10-17-12-13(18-11-6-4-2)8-7-9-14(15)16/h13H,3-12H2,1-2H3,(H,15,16)/t13-/m0/s1. The van der Waals surface area contributed by atoms with Crippen LogP contribution in [0, 0.1) is 0 Å². The second-order valence-electron chi connectivity index (χ2n) is 4.56. The molecule has 0 aromatic rings. The third kappa shape index (κ3) is 11.9. The van der Waals surface area contributed by atoms with Crippen LogP contribution in [0.15, 0.2) is 0 Å². The summed E-state index contributed by atoms with van der Waals surface area (Å²) in [6, 6.07) is 0. The van der Waals surface area contributed by atoms with Gasteiger partial charge >= 0.3 is 5.97 Å². The lowest BCUT2D eigenvalue weighted by Gasteiger charge is -2.17. The molecule has 1 atom stereocenters. The van der Waals surface area contributed by atoms with E-state index in [9.17, 15) is 4.79 Å². The van der Waals surface area contributed by atoms with Crippen LogP contribution in [0.2, 0.25) is 0 Å². The number of carbonyl (C=O) groups is 1. The summed E-state index contributed by atoms with van der Waals surface area (Å²) in [4.78, 5) is 10.5. The summed E-state index contributed by atoms with van der Waals surface area (Å²) in [5.41, 5.74) is 0. The molecule has 0 unspecified atom stereocenters. The number of hydrogen-bond donors (Lipinski definition) is 1. The molecule has 0 aliphatic carbocycles. The smallest absolute Gasteiger partial charge is 0.303 e. The molecule has 0 amide bonds. The Bertz CT molecular complexity index is 194. The second-order valence-corrected chi connectivity index (χ2v) is 4.56. The number of ether oxygens (including phenoxy) is 2. The molecule has 108 valence electrons. The van der Waals surface area contributed by atoms with E-state index in [4.69, 9.17) is 14.6 Å². The van der Waals surface area contributed by atoms with E-state index in [1.807, 2.05) is 0 Å². The summed E-state index contributed by atoms with van der Waals surface area (Å²) >= 11 is 0. The molecule has 0 aromatic heterocycles. The van der Waals surface area contributed by atoms with Crippen LogP contribution >= 0.6 is 0 Å². The number of rotatable bonds is 13. The largest absolute Gasteiger partial charge is 0.481 e. The average Bonchev–Trinajstić information content (AvgIpc) is 2.33. The van der Waals surface area contributed by atoms with Crippen molar-refractivity contribution in [2.24, 2.45) is 0 Å². The third-order valence-electron chi connectivity index (χ3n) is 2.71. The van der Waals surface area contributed by atoms with Crippen LogP contribution in [0.25, 0.3) is 0 Å². The predicted molar refractivity (Wildman–Crippen MR) is 71.9 cm³/mol. The molecule has 4 heteroatoms. The number of aliphatic carboxylic acids is 1. The van der Waals surface area contributed by atoms with Crippen molar-refractivity contribution in [2.75, 3.05) is 19.8 Å².